The lowest BCUT2D eigenvalue weighted by molar-refractivity contribution is -0.126. The molecule has 1 atom stereocenters. The van der Waals surface area contributed by atoms with Crippen LogP contribution in [0.5, 0.6) is 0 Å². The van der Waals surface area contributed by atoms with Crippen molar-refractivity contribution in [1.82, 2.24) is 10.2 Å². The van der Waals surface area contributed by atoms with Gasteiger partial charge in [0, 0.05) is 36.3 Å². The van der Waals surface area contributed by atoms with Crippen molar-refractivity contribution < 1.29 is 18.4 Å². The van der Waals surface area contributed by atoms with Crippen molar-refractivity contribution in [2.45, 2.75) is 25.8 Å². The molecule has 2 aromatic carbocycles. The predicted octanol–water partition coefficient (Wildman–Crippen LogP) is 4.09. The van der Waals surface area contributed by atoms with E-state index in [0.29, 0.717) is 25.9 Å². The van der Waals surface area contributed by atoms with E-state index in [9.17, 15) is 18.4 Å². The molecule has 3 rings (SSSR count). The molecule has 0 unspecified atom stereocenters. The molecular formula is C21H23F2N3O2. The van der Waals surface area contributed by atoms with Gasteiger partial charge < -0.3 is 15.5 Å². The number of nitrogens with zero attached hydrogens (tertiary/aromatic N) is 1. The highest BCUT2D eigenvalue weighted by molar-refractivity contribution is 5.89. The maximum Gasteiger partial charge on any atom is 0.321 e. The predicted molar refractivity (Wildman–Crippen MR) is 103 cm³/mol. The number of benzene rings is 2. The fourth-order valence-corrected chi connectivity index (χ4v) is 3.33. The van der Waals surface area contributed by atoms with Gasteiger partial charge in [0.2, 0.25) is 5.91 Å². The fourth-order valence-electron chi connectivity index (χ4n) is 3.33. The van der Waals surface area contributed by atoms with E-state index in [1.165, 1.54) is 12.1 Å². The number of halogens is 2. The number of rotatable bonds is 4. The van der Waals surface area contributed by atoms with E-state index in [4.69, 9.17) is 0 Å². The Morgan fingerprint density at radius 1 is 1.07 bits per heavy atom. The average molecular weight is 387 g/mol. The molecule has 1 fully saturated rings. The number of likely N-dealkylation sites (tertiary alicyclic amines) is 1. The fraction of sp³-hybridized carbons (Fsp3) is 0.333. The zero-order valence-corrected chi connectivity index (χ0v) is 15.6. The van der Waals surface area contributed by atoms with Crippen LogP contribution in [0.2, 0.25) is 0 Å². The van der Waals surface area contributed by atoms with Gasteiger partial charge >= 0.3 is 6.03 Å². The van der Waals surface area contributed by atoms with Gasteiger partial charge in [0.1, 0.15) is 11.6 Å². The molecule has 1 saturated heterocycles. The van der Waals surface area contributed by atoms with Gasteiger partial charge in [-0.3, -0.25) is 4.79 Å². The topological polar surface area (TPSA) is 61.4 Å². The first-order chi connectivity index (χ1) is 13.4. The van der Waals surface area contributed by atoms with Gasteiger partial charge in [-0.2, -0.15) is 0 Å². The van der Waals surface area contributed by atoms with E-state index in [0.717, 1.165) is 11.8 Å². The smallest absolute Gasteiger partial charge is 0.321 e. The summed E-state index contributed by atoms with van der Waals surface area (Å²) >= 11 is 0. The van der Waals surface area contributed by atoms with Crippen LogP contribution >= 0.6 is 0 Å². The lowest BCUT2D eigenvalue weighted by Gasteiger charge is -2.32. The first-order valence-corrected chi connectivity index (χ1v) is 9.30. The molecule has 0 radical (unpaired) electrons. The maximum atomic E-state index is 13.9. The number of carbonyl (C=O) groups excluding carboxylic acids is 2. The highest BCUT2D eigenvalue weighted by Gasteiger charge is 2.28. The summed E-state index contributed by atoms with van der Waals surface area (Å²) in [4.78, 5) is 26.5. The Hall–Kier alpha value is -2.96. The quantitative estimate of drug-likeness (QED) is 0.830. The highest BCUT2D eigenvalue weighted by Crippen LogP contribution is 2.22. The maximum absolute atomic E-state index is 13.9. The van der Waals surface area contributed by atoms with Gasteiger partial charge in [-0.25, -0.2) is 13.6 Å². The molecule has 0 saturated carbocycles. The van der Waals surface area contributed by atoms with Crippen molar-refractivity contribution in [3.8, 4) is 0 Å². The third-order valence-corrected chi connectivity index (χ3v) is 4.97. The van der Waals surface area contributed by atoms with E-state index in [-0.39, 0.29) is 23.4 Å². The monoisotopic (exact) mass is 387 g/mol. The van der Waals surface area contributed by atoms with Crippen molar-refractivity contribution in [3.63, 3.8) is 0 Å². The zero-order chi connectivity index (χ0) is 20.1. The molecule has 5 nitrogen and oxygen atoms in total. The van der Waals surface area contributed by atoms with Gasteiger partial charge in [0.15, 0.2) is 0 Å². The zero-order valence-electron chi connectivity index (χ0n) is 15.6. The number of amides is 3. The third-order valence-electron chi connectivity index (χ3n) is 4.97. The normalized spacial score (nSPS) is 15.8. The first kappa shape index (κ1) is 19.8. The second-order valence-corrected chi connectivity index (χ2v) is 6.95. The number of nitrogens with one attached hydrogen (secondary N) is 2. The Morgan fingerprint density at radius 3 is 2.39 bits per heavy atom. The van der Waals surface area contributed by atoms with Gasteiger partial charge in [0.25, 0.3) is 0 Å². The largest absolute Gasteiger partial charge is 0.349 e. The molecule has 148 valence electrons. The van der Waals surface area contributed by atoms with Gasteiger partial charge in [-0.15, -0.1) is 0 Å². The number of carbonyl (C=O) groups is 2. The van der Waals surface area contributed by atoms with Gasteiger partial charge in [-0.05, 0) is 38.0 Å². The molecule has 0 aromatic heterocycles. The number of hydrogen-bond acceptors (Lipinski definition) is 2. The van der Waals surface area contributed by atoms with Crippen LogP contribution in [0.4, 0.5) is 19.3 Å². The molecule has 3 amide bonds. The Balaban J connectivity index is 1.50. The van der Waals surface area contributed by atoms with E-state index in [2.05, 4.69) is 10.6 Å². The molecule has 0 spiro atoms. The Labute approximate surface area is 162 Å². The number of para-hydroxylation sites is 1. The minimum atomic E-state index is -0.680. The lowest BCUT2D eigenvalue weighted by Crippen LogP contribution is -2.45. The molecule has 28 heavy (non-hydrogen) atoms. The number of piperidine rings is 1. The Kier molecular flexibility index (Phi) is 6.23. The summed E-state index contributed by atoms with van der Waals surface area (Å²) in [5, 5.41) is 5.62. The average Bonchev–Trinajstić information content (AvgIpc) is 2.68. The van der Waals surface area contributed by atoms with Gasteiger partial charge in [-0.1, -0.05) is 24.3 Å². The summed E-state index contributed by atoms with van der Waals surface area (Å²) in [6.07, 6.45) is 1.07. The minimum absolute atomic E-state index is 0.181. The van der Waals surface area contributed by atoms with Crippen molar-refractivity contribution in [1.29, 1.82) is 0 Å². The second kappa shape index (κ2) is 8.82. The molecule has 0 aliphatic carbocycles. The number of urea groups is 1. The summed E-state index contributed by atoms with van der Waals surface area (Å²) in [6.45, 7) is 2.60. The van der Waals surface area contributed by atoms with Crippen molar-refractivity contribution in [2.75, 3.05) is 18.4 Å². The van der Waals surface area contributed by atoms with Gasteiger partial charge in [0.05, 0.1) is 6.04 Å². The van der Waals surface area contributed by atoms with Crippen LogP contribution in [-0.4, -0.2) is 29.9 Å². The minimum Gasteiger partial charge on any atom is -0.349 e. The lowest BCUT2D eigenvalue weighted by atomic mass is 9.95. The van der Waals surface area contributed by atoms with Crippen molar-refractivity contribution >= 4 is 17.6 Å². The van der Waals surface area contributed by atoms with Crippen LogP contribution in [-0.2, 0) is 4.79 Å². The molecule has 2 aromatic rings. The van der Waals surface area contributed by atoms with Crippen LogP contribution in [0, 0.1) is 17.6 Å². The molecule has 7 heteroatoms. The summed E-state index contributed by atoms with van der Waals surface area (Å²) in [7, 11) is 0. The van der Waals surface area contributed by atoms with Crippen LogP contribution in [0.3, 0.4) is 0 Å². The molecule has 1 aliphatic rings. The summed E-state index contributed by atoms with van der Waals surface area (Å²) in [5.41, 5.74) is 0.969. The summed E-state index contributed by atoms with van der Waals surface area (Å²) < 4.78 is 26.9. The highest BCUT2D eigenvalue weighted by atomic mass is 19.1. The Morgan fingerprint density at radius 2 is 1.75 bits per heavy atom. The van der Waals surface area contributed by atoms with Crippen LogP contribution in [0.15, 0.2) is 48.5 Å². The standard InChI is InChI=1S/C21H23F2N3O2/c1-14(18-8-7-16(22)13-19(18)23)24-20(27)15-9-11-26(12-10-15)21(28)25-17-5-3-2-4-6-17/h2-8,13-15H,9-12H2,1H3,(H,24,27)(H,25,28)/t14-/m1/s1. The summed E-state index contributed by atoms with van der Waals surface area (Å²) in [5.74, 6) is -1.76. The second-order valence-electron chi connectivity index (χ2n) is 6.95. The molecule has 1 aliphatic heterocycles. The molecule has 1 heterocycles. The molecule has 2 N–H and O–H groups in total. The van der Waals surface area contributed by atoms with E-state index in [1.807, 2.05) is 30.3 Å². The molecular weight excluding hydrogens is 364 g/mol. The molecule has 0 bridgehead atoms. The third kappa shape index (κ3) is 4.85. The number of anilines is 1. The van der Waals surface area contributed by atoms with Crippen LogP contribution < -0.4 is 10.6 Å². The first-order valence-electron chi connectivity index (χ1n) is 9.30. The number of hydrogen-bond donors (Lipinski definition) is 2. The SMILES string of the molecule is C[C@@H](NC(=O)C1CCN(C(=O)Nc2ccccc2)CC1)c1ccc(F)cc1F. The van der Waals surface area contributed by atoms with E-state index in [1.54, 1.807) is 11.8 Å². The Bertz CT molecular complexity index is 837. The van der Waals surface area contributed by atoms with Crippen LogP contribution in [0.25, 0.3) is 0 Å². The van der Waals surface area contributed by atoms with E-state index >= 15 is 0 Å². The van der Waals surface area contributed by atoms with Crippen LogP contribution in [0.1, 0.15) is 31.4 Å². The van der Waals surface area contributed by atoms with Crippen molar-refractivity contribution in [3.05, 3.63) is 65.7 Å². The van der Waals surface area contributed by atoms with Crippen molar-refractivity contribution in [2.24, 2.45) is 5.92 Å². The summed E-state index contributed by atoms with van der Waals surface area (Å²) in [6, 6.07) is 11.8. The van der Waals surface area contributed by atoms with E-state index < -0.39 is 17.7 Å².